The molecule has 0 saturated heterocycles. The first-order valence-electron chi connectivity index (χ1n) is 6.20. The third-order valence-electron chi connectivity index (χ3n) is 2.79. The van der Waals surface area contributed by atoms with E-state index < -0.39 is 5.82 Å². The van der Waals surface area contributed by atoms with Crippen LogP contribution in [-0.2, 0) is 11.2 Å². The van der Waals surface area contributed by atoms with Gasteiger partial charge < -0.3 is 5.32 Å². The zero-order valence-corrected chi connectivity index (χ0v) is 11.0. The van der Waals surface area contributed by atoms with Crippen molar-refractivity contribution < 1.29 is 14.0 Å². The summed E-state index contributed by atoms with van der Waals surface area (Å²) >= 11 is 0. The summed E-state index contributed by atoms with van der Waals surface area (Å²) in [4.78, 5) is 23.2. The van der Waals surface area contributed by atoms with E-state index in [-0.39, 0.29) is 18.1 Å². The maximum atomic E-state index is 13.2. The first kappa shape index (κ1) is 13.9. The van der Waals surface area contributed by atoms with Gasteiger partial charge in [-0.05, 0) is 42.8 Å². The number of carbonyl (C=O) groups is 2. The van der Waals surface area contributed by atoms with Crippen molar-refractivity contribution in [1.29, 1.82) is 0 Å². The second kappa shape index (κ2) is 6.10. The number of halogens is 1. The van der Waals surface area contributed by atoms with Crippen molar-refractivity contribution in [2.45, 2.75) is 13.3 Å². The molecule has 0 radical (unpaired) electrons. The Kier molecular flexibility index (Phi) is 4.25. The van der Waals surface area contributed by atoms with E-state index in [1.165, 1.54) is 25.1 Å². The van der Waals surface area contributed by atoms with E-state index >= 15 is 0 Å². The van der Waals surface area contributed by atoms with E-state index in [9.17, 15) is 14.0 Å². The first-order valence-corrected chi connectivity index (χ1v) is 6.20. The molecule has 0 aliphatic heterocycles. The molecular weight excluding hydrogens is 257 g/mol. The van der Waals surface area contributed by atoms with Crippen molar-refractivity contribution in [3.05, 3.63) is 65.5 Å². The molecule has 0 saturated carbocycles. The Morgan fingerprint density at radius 3 is 2.45 bits per heavy atom. The predicted molar refractivity (Wildman–Crippen MR) is 75.2 cm³/mol. The highest BCUT2D eigenvalue weighted by Gasteiger charge is 2.11. The number of nitrogens with one attached hydrogen (secondary N) is 1. The minimum absolute atomic E-state index is 0.0855. The van der Waals surface area contributed by atoms with E-state index in [4.69, 9.17) is 0 Å². The van der Waals surface area contributed by atoms with Crippen LogP contribution in [0.1, 0.15) is 22.8 Å². The van der Waals surface area contributed by atoms with Crippen molar-refractivity contribution >= 4 is 17.4 Å². The first-order chi connectivity index (χ1) is 9.56. The average Bonchev–Trinajstić information content (AvgIpc) is 2.42. The Balaban J connectivity index is 2.25. The van der Waals surface area contributed by atoms with Crippen LogP contribution >= 0.6 is 0 Å². The lowest BCUT2D eigenvalue weighted by Crippen LogP contribution is -2.14. The van der Waals surface area contributed by atoms with Gasteiger partial charge in [0.05, 0.1) is 0 Å². The Labute approximate surface area is 116 Å². The van der Waals surface area contributed by atoms with Gasteiger partial charge in [-0.2, -0.15) is 0 Å². The summed E-state index contributed by atoms with van der Waals surface area (Å²) in [7, 11) is 0. The second-order valence-corrected chi connectivity index (χ2v) is 4.50. The highest BCUT2D eigenvalue weighted by Crippen LogP contribution is 2.19. The van der Waals surface area contributed by atoms with Gasteiger partial charge in [0.15, 0.2) is 0 Å². The summed E-state index contributed by atoms with van der Waals surface area (Å²) in [6, 6.07) is 12.7. The fourth-order valence-electron chi connectivity index (χ4n) is 1.88. The molecule has 1 N–H and O–H groups in total. The number of ketones is 1. The molecule has 0 unspecified atom stereocenters. The fraction of sp³-hybridized carbons (Fsp3) is 0.125. The number of hydrogen-bond acceptors (Lipinski definition) is 2. The lowest BCUT2D eigenvalue weighted by atomic mass is 10.1. The van der Waals surface area contributed by atoms with E-state index in [2.05, 4.69) is 5.32 Å². The zero-order chi connectivity index (χ0) is 14.5. The molecule has 0 aliphatic rings. The third-order valence-corrected chi connectivity index (χ3v) is 2.79. The van der Waals surface area contributed by atoms with Crippen LogP contribution in [0.4, 0.5) is 10.1 Å². The van der Waals surface area contributed by atoms with E-state index in [0.717, 1.165) is 0 Å². The van der Waals surface area contributed by atoms with Crippen LogP contribution in [0.2, 0.25) is 0 Å². The van der Waals surface area contributed by atoms with E-state index in [0.29, 0.717) is 16.8 Å². The minimum atomic E-state index is -0.432. The highest BCUT2D eigenvalue weighted by atomic mass is 19.1. The van der Waals surface area contributed by atoms with Crippen LogP contribution in [0.25, 0.3) is 0 Å². The monoisotopic (exact) mass is 271 g/mol. The molecule has 0 bridgehead atoms. The number of hydrogen-bond donors (Lipinski definition) is 1. The smallest absolute Gasteiger partial charge is 0.255 e. The molecule has 2 aromatic carbocycles. The zero-order valence-electron chi connectivity index (χ0n) is 11.0. The molecule has 2 rings (SSSR count). The highest BCUT2D eigenvalue weighted by molar-refractivity contribution is 6.04. The van der Waals surface area contributed by atoms with Crippen LogP contribution in [0, 0.1) is 5.82 Å². The molecule has 0 spiro atoms. The summed E-state index contributed by atoms with van der Waals surface area (Å²) in [5, 5.41) is 2.70. The summed E-state index contributed by atoms with van der Waals surface area (Å²) in [5.41, 5.74) is 1.43. The van der Waals surface area contributed by atoms with Gasteiger partial charge in [-0.15, -0.1) is 0 Å². The second-order valence-electron chi connectivity index (χ2n) is 4.50. The summed E-state index contributed by atoms with van der Waals surface area (Å²) < 4.78 is 13.2. The Morgan fingerprint density at radius 1 is 1.10 bits per heavy atom. The molecule has 0 heterocycles. The lowest BCUT2D eigenvalue weighted by Gasteiger charge is -2.10. The van der Waals surface area contributed by atoms with Crippen LogP contribution in [0.5, 0.6) is 0 Å². The molecule has 0 atom stereocenters. The molecule has 4 heteroatoms. The number of carbonyl (C=O) groups excluding carboxylic acids is 2. The Hall–Kier alpha value is -2.49. The van der Waals surface area contributed by atoms with E-state index in [1.54, 1.807) is 24.3 Å². The number of Topliss-reactive ketones (excluding diaryl/α,β-unsaturated/α-hetero) is 1. The molecule has 0 aromatic heterocycles. The third kappa shape index (κ3) is 3.51. The van der Waals surface area contributed by atoms with Gasteiger partial charge in [0.1, 0.15) is 11.6 Å². The van der Waals surface area contributed by atoms with Crippen LogP contribution in [0.15, 0.2) is 48.5 Å². The summed E-state index contributed by atoms with van der Waals surface area (Å²) in [6.07, 6.45) is 0.0855. The lowest BCUT2D eigenvalue weighted by molar-refractivity contribution is -0.116. The van der Waals surface area contributed by atoms with Gasteiger partial charge in [-0.25, -0.2) is 4.39 Å². The Morgan fingerprint density at radius 2 is 1.80 bits per heavy atom. The quantitative estimate of drug-likeness (QED) is 0.928. The average molecular weight is 271 g/mol. The number of anilines is 1. The molecule has 1 amide bonds. The van der Waals surface area contributed by atoms with Gasteiger partial charge in [-0.1, -0.05) is 18.2 Å². The molecule has 3 nitrogen and oxygen atoms in total. The Bertz CT molecular complexity index is 638. The standard InChI is InChI=1S/C16H14FNO2/c1-11(19)9-13-10-14(17)7-8-15(13)18-16(20)12-5-3-2-4-6-12/h2-8,10H,9H2,1H3,(H,18,20). The number of benzene rings is 2. The largest absolute Gasteiger partial charge is 0.322 e. The van der Waals surface area contributed by atoms with Crippen molar-refractivity contribution in [2.75, 3.05) is 5.32 Å². The summed E-state index contributed by atoms with van der Waals surface area (Å²) in [5.74, 6) is -0.813. The molecule has 102 valence electrons. The van der Waals surface area contributed by atoms with Crippen LogP contribution in [0.3, 0.4) is 0 Å². The molecule has 20 heavy (non-hydrogen) atoms. The van der Waals surface area contributed by atoms with Gasteiger partial charge in [-0.3, -0.25) is 9.59 Å². The van der Waals surface area contributed by atoms with Crippen molar-refractivity contribution in [3.8, 4) is 0 Å². The van der Waals surface area contributed by atoms with Gasteiger partial charge in [0, 0.05) is 17.7 Å². The van der Waals surface area contributed by atoms with E-state index in [1.807, 2.05) is 6.07 Å². The molecule has 2 aromatic rings. The molecular formula is C16H14FNO2. The number of rotatable bonds is 4. The van der Waals surface area contributed by atoms with Gasteiger partial charge in [0.2, 0.25) is 0 Å². The SMILES string of the molecule is CC(=O)Cc1cc(F)ccc1NC(=O)c1ccccc1. The van der Waals surface area contributed by atoms with Crippen molar-refractivity contribution in [2.24, 2.45) is 0 Å². The van der Waals surface area contributed by atoms with Crippen LogP contribution < -0.4 is 5.32 Å². The van der Waals surface area contributed by atoms with Crippen molar-refractivity contribution in [1.82, 2.24) is 0 Å². The maximum Gasteiger partial charge on any atom is 0.255 e. The maximum absolute atomic E-state index is 13.2. The van der Waals surface area contributed by atoms with Gasteiger partial charge in [0.25, 0.3) is 5.91 Å². The summed E-state index contributed by atoms with van der Waals surface area (Å²) in [6.45, 7) is 1.42. The van der Waals surface area contributed by atoms with Crippen LogP contribution in [-0.4, -0.2) is 11.7 Å². The number of amides is 1. The predicted octanol–water partition coefficient (Wildman–Crippen LogP) is 3.21. The van der Waals surface area contributed by atoms with Gasteiger partial charge >= 0.3 is 0 Å². The normalized spacial score (nSPS) is 10.1. The molecule has 0 fully saturated rings. The van der Waals surface area contributed by atoms with Crippen molar-refractivity contribution in [3.63, 3.8) is 0 Å². The minimum Gasteiger partial charge on any atom is -0.322 e. The fourth-order valence-corrected chi connectivity index (χ4v) is 1.88. The topological polar surface area (TPSA) is 46.2 Å². The molecule has 0 aliphatic carbocycles.